The summed E-state index contributed by atoms with van der Waals surface area (Å²) in [5.74, 6) is 0.478. The number of hydrogen-bond acceptors (Lipinski definition) is 6. The maximum atomic E-state index is 12.1. The van der Waals surface area contributed by atoms with Crippen molar-refractivity contribution in [3.63, 3.8) is 0 Å². The van der Waals surface area contributed by atoms with Gasteiger partial charge in [0.1, 0.15) is 9.90 Å². The number of carbonyl (C=O) groups excluding carboxylic acids is 1. The molecule has 1 atom stereocenters. The highest BCUT2D eigenvalue weighted by atomic mass is 32.2. The fraction of sp³-hybridized carbons (Fsp3) is 0.643. The van der Waals surface area contributed by atoms with Crippen molar-refractivity contribution in [1.29, 1.82) is 0 Å². The van der Waals surface area contributed by atoms with E-state index in [-0.39, 0.29) is 16.4 Å². The highest BCUT2D eigenvalue weighted by Gasteiger charge is 2.32. The molecule has 2 heterocycles. The van der Waals surface area contributed by atoms with Crippen LogP contribution in [0.2, 0.25) is 0 Å². The van der Waals surface area contributed by atoms with Gasteiger partial charge in [0.15, 0.2) is 15.6 Å². The molecule has 0 bridgehead atoms. The zero-order valence-corrected chi connectivity index (χ0v) is 14.3. The fourth-order valence-electron chi connectivity index (χ4n) is 2.70. The first-order chi connectivity index (χ1) is 9.79. The molecule has 0 aromatic carbocycles. The molecule has 0 spiro atoms. The Bertz CT molecular complexity index is 649. The van der Waals surface area contributed by atoms with E-state index in [9.17, 15) is 13.2 Å². The predicted octanol–water partition coefficient (Wildman–Crippen LogP) is 2.56. The summed E-state index contributed by atoms with van der Waals surface area (Å²) < 4.78 is 24.2. The first-order valence-corrected chi connectivity index (χ1v) is 9.90. The van der Waals surface area contributed by atoms with Crippen LogP contribution < -0.4 is 10.6 Å². The van der Waals surface area contributed by atoms with Crippen molar-refractivity contribution in [3.05, 3.63) is 4.88 Å². The van der Waals surface area contributed by atoms with Crippen LogP contribution >= 0.6 is 11.3 Å². The van der Waals surface area contributed by atoms with Gasteiger partial charge < -0.3 is 10.6 Å². The first-order valence-electron chi connectivity index (χ1n) is 7.20. The largest absolute Gasteiger partial charge is 0.396 e. The summed E-state index contributed by atoms with van der Waals surface area (Å²) >= 11 is 1.23. The number of nitrogens with zero attached hydrogens (tertiary/aromatic N) is 1. The molecule has 2 rings (SSSR count). The Kier molecular flexibility index (Phi) is 4.63. The number of anilines is 2. The van der Waals surface area contributed by atoms with Gasteiger partial charge >= 0.3 is 0 Å². The van der Waals surface area contributed by atoms with Crippen LogP contribution in [0.4, 0.5) is 10.7 Å². The lowest BCUT2D eigenvalue weighted by Crippen LogP contribution is -2.20. The number of Topliss-reactive ketones (excluding diaryl/α,β-unsaturated/α-hetero) is 1. The molecule has 1 saturated heterocycles. The average Bonchev–Trinajstić information content (AvgIpc) is 3.00. The molecule has 5 nitrogen and oxygen atoms in total. The molecular weight excluding hydrogens is 308 g/mol. The second kappa shape index (κ2) is 5.96. The summed E-state index contributed by atoms with van der Waals surface area (Å²) in [5.41, 5.74) is 6.11. The van der Waals surface area contributed by atoms with Crippen molar-refractivity contribution in [2.24, 2.45) is 5.92 Å². The maximum Gasteiger partial charge on any atom is 0.180 e. The molecule has 1 aliphatic heterocycles. The Balaban J connectivity index is 2.52. The van der Waals surface area contributed by atoms with E-state index in [0.717, 1.165) is 32.2 Å². The Labute approximate surface area is 130 Å². The minimum atomic E-state index is -3.46. The predicted molar refractivity (Wildman–Crippen MR) is 87.1 cm³/mol. The van der Waals surface area contributed by atoms with Crippen LogP contribution in [-0.2, 0) is 9.84 Å². The molecule has 1 fully saturated rings. The molecule has 0 aliphatic carbocycles. The van der Waals surface area contributed by atoms with E-state index in [0.29, 0.717) is 22.2 Å². The third kappa shape index (κ3) is 3.08. The third-order valence-corrected chi connectivity index (χ3v) is 6.57. The van der Waals surface area contributed by atoms with Gasteiger partial charge in [-0.05, 0) is 12.3 Å². The molecule has 2 N–H and O–H groups in total. The van der Waals surface area contributed by atoms with Crippen LogP contribution in [0.3, 0.4) is 0 Å². The second-order valence-corrected chi connectivity index (χ2v) is 8.49. The van der Waals surface area contributed by atoms with Crippen molar-refractivity contribution in [1.82, 2.24) is 0 Å². The number of hydrogen-bond donors (Lipinski definition) is 1. The van der Waals surface area contributed by atoms with E-state index in [2.05, 4.69) is 11.8 Å². The fourth-order valence-corrected chi connectivity index (χ4v) is 5.45. The van der Waals surface area contributed by atoms with Crippen molar-refractivity contribution < 1.29 is 13.2 Å². The van der Waals surface area contributed by atoms with E-state index in [1.165, 1.54) is 11.3 Å². The Morgan fingerprint density at radius 1 is 1.43 bits per heavy atom. The number of sulfone groups is 1. The molecule has 21 heavy (non-hydrogen) atoms. The third-order valence-electron chi connectivity index (χ3n) is 3.98. The lowest BCUT2D eigenvalue weighted by atomic mass is 10.1. The Hall–Kier alpha value is -1.08. The van der Waals surface area contributed by atoms with Gasteiger partial charge in [-0.25, -0.2) is 8.42 Å². The number of carbonyl (C=O) groups is 1. The molecule has 0 saturated carbocycles. The Morgan fingerprint density at radius 3 is 2.57 bits per heavy atom. The van der Waals surface area contributed by atoms with E-state index < -0.39 is 9.84 Å². The van der Waals surface area contributed by atoms with Gasteiger partial charge in [-0.1, -0.05) is 20.3 Å². The summed E-state index contributed by atoms with van der Waals surface area (Å²) in [6, 6.07) is 0. The summed E-state index contributed by atoms with van der Waals surface area (Å²) in [5, 5.41) is 0.641. The van der Waals surface area contributed by atoms with Gasteiger partial charge in [0.2, 0.25) is 0 Å². The van der Waals surface area contributed by atoms with Crippen LogP contribution in [0, 0.1) is 5.92 Å². The van der Waals surface area contributed by atoms with Gasteiger partial charge in [-0.3, -0.25) is 4.79 Å². The number of rotatable bonds is 5. The van der Waals surface area contributed by atoms with Crippen molar-refractivity contribution in [3.8, 4) is 0 Å². The minimum Gasteiger partial charge on any atom is -0.396 e. The Morgan fingerprint density at radius 2 is 2.10 bits per heavy atom. The van der Waals surface area contributed by atoms with Crippen molar-refractivity contribution in [2.75, 3.05) is 30.0 Å². The maximum absolute atomic E-state index is 12.1. The number of nitrogens with two attached hydrogens (primary N) is 1. The summed E-state index contributed by atoms with van der Waals surface area (Å²) in [7, 11) is -3.46. The second-order valence-electron chi connectivity index (χ2n) is 5.54. The monoisotopic (exact) mass is 330 g/mol. The van der Waals surface area contributed by atoms with E-state index >= 15 is 0 Å². The van der Waals surface area contributed by atoms with Gasteiger partial charge in [-0.15, -0.1) is 11.3 Å². The van der Waals surface area contributed by atoms with E-state index in [1.807, 2.05) is 0 Å². The lowest BCUT2D eigenvalue weighted by molar-refractivity contribution is 0.0992. The van der Waals surface area contributed by atoms with Gasteiger partial charge in [-0.2, -0.15) is 0 Å². The minimum absolute atomic E-state index is 0.0973. The molecule has 0 radical (unpaired) electrons. The topological polar surface area (TPSA) is 80.5 Å². The van der Waals surface area contributed by atoms with Crippen molar-refractivity contribution >= 4 is 37.6 Å². The van der Waals surface area contributed by atoms with E-state index in [4.69, 9.17) is 5.73 Å². The molecule has 1 unspecified atom stereocenters. The van der Waals surface area contributed by atoms with Crippen molar-refractivity contribution in [2.45, 2.75) is 38.0 Å². The summed E-state index contributed by atoms with van der Waals surface area (Å²) in [6.07, 6.45) is 3.61. The molecule has 1 aromatic heterocycles. The molecule has 7 heteroatoms. The van der Waals surface area contributed by atoms with E-state index in [1.54, 1.807) is 6.92 Å². The SMILES string of the molecule is CCC(=O)c1sc(N2CCC(CC)C2)c(S(C)(=O)=O)c1N. The molecular formula is C14H22N2O3S2. The van der Waals surface area contributed by atoms with Gasteiger partial charge in [0, 0.05) is 25.8 Å². The van der Waals surface area contributed by atoms with Crippen LogP contribution in [-0.4, -0.2) is 33.5 Å². The van der Waals surface area contributed by atoms with Crippen LogP contribution in [0.15, 0.2) is 4.90 Å². The zero-order valence-electron chi connectivity index (χ0n) is 12.7. The van der Waals surface area contributed by atoms with Gasteiger partial charge in [0.05, 0.1) is 10.6 Å². The van der Waals surface area contributed by atoms with Crippen LogP contribution in [0.5, 0.6) is 0 Å². The molecule has 0 amide bonds. The quantitative estimate of drug-likeness (QED) is 0.839. The normalized spacial score (nSPS) is 19.2. The number of thiophene rings is 1. The molecule has 1 aromatic rings. The standard InChI is InChI=1S/C14H22N2O3S2/c1-4-9-6-7-16(8-9)14-13(21(3,18)19)11(15)12(20-14)10(17)5-2/h9H,4-8,15H2,1-3H3. The smallest absolute Gasteiger partial charge is 0.180 e. The average molecular weight is 330 g/mol. The van der Waals surface area contributed by atoms with Gasteiger partial charge in [0.25, 0.3) is 0 Å². The van der Waals surface area contributed by atoms with Crippen LogP contribution in [0.1, 0.15) is 42.8 Å². The lowest BCUT2D eigenvalue weighted by Gasteiger charge is -2.18. The summed E-state index contributed by atoms with van der Waals surface area (Å²) in [4.78, 5) is 14.6. The summed E-state index contributed by atoms with van der Waals surface area (Å²) in [6.45, 7) is 5.55. The zero-order chi connectivity index (χ0) is 15.8. The molecule has 118 valence electrons. The number of nitrogen functional groups attached to an aromatic ring is 1. The molecule has 1 aliphatic rings. The number of ketones is 1. The first kappa shape index (κ1) is 16.3. The van der Waals surface area contributed by atoms with Crippen LogP contribution in [0.25, 0.3) is 0 Å². The highest BCUT2D eigenvalue weighted by molar-refractivity contribution is 7.91. The highest BCUT2D eigenvalue weighted by Crippen LogP contribution is 2.43.